The van der Waals surface area contributed by atoms with Gasteiger partial charge in [0.05, 0.1) is 0 Å². The van der Waals surface area contributed by atoms with Gasteiger partial charge in [0.25, 0.3) is 11.1 Å². The molecule has 0 fully saturated rings. The zero-order valence-electron chi connectivity index (χ0n) is 13.8. The molecule has 2 rings (SSSR count). The number of hydrogen-bond donors (Lipinski definition) is 0. The molecule has 0 bridgehead atoms. The fourth-order valence-corrected chi connectivity index (χ4v) is 3.03. The molecule has 0 unspecified atom stereocenters. The summed E-state index contributed by atoms with van der Waals surface area (Å²) in [6.45, 7) is 5.69. The second-order valence-electron chi connectivity index (χ2n) is 6.30. The molecule has 0 saturated heterocycles. The summed E-state index contributed by atoms with van der Waals surface area (Å²) in [7, 11) is 1.62. The molecule has 5 nitrogen and oxygen atoms in total. The monoisotopic (exact) mass is 361 g/mol. The van der Waals surface area contributed by atoms with Gasteiger partial charge in [0.2, 0.25) is 5.01 Å². The van der Waals surface area contributed by atoms with Crippen LogP contribution in [-0.4, -0.2) is 34.7 Å². The largest absolute Gasteiger partial charge is 0.459 e. The van der Waals surface area contributed by atoms with Gasteiger partial charge in [0, 0.05) is 12.7 Å². The first-order valence-corrected chi connectivity index (χ1v) is 8.00. The van der Waals surface area contributed by atoms with Gasteiger partial charge in [-0.2, -0.15) is 13.2 Å². The van der Waals surface area contributed by atoms with Crippen LogP contribution in [0.5, 0.6) is 5.19 Å². The molecule has 1 aromatic rings. The van der Waals surface area contributed by atoms with Crippen LogP contribution in [0.25, 0.3) is 0 Å². The minimum atomic E-state index is -4.57. The number of carbonyl (C=O) groups excluding carboxylic acids is 1. The van der Waals surface area contributed by atoms with Crippen LogP contribution in [0.3, 0.4) is 0 Å². The zero-order chi connectivity index (χ0) is 18.1. The lowest BCUT2D eigenvalue weighted by Gasteiger charge is -2.31. The van der Waals surface area contributed by atoms with Crippen molar-refractivity contribution >= 4 is 17.2 Å². The number of alkyl halides is 3. The third-order valence-electron chi connectivity index (χ3n) is 3.42. The van der Waals surface area contributed by atoms with E-state index in [9.17, 15) is 18.0 Å². The van der Waals surface area contributed by atoms with E-state index in [0.717, 1.165) is 11.3 Å². The Morgan fingerprint density at radius 2 is 2.08 bits per heavy atom. The van der Waals surface area contributed by atoms with Gasteiger partial charge in [0.1, 0.15) is 0 Å². The van der Waals surface area contributed by atoms with E-state index >= 15 is 0 Å². The maximum absolute atomic E-state index is 12.4. The lowest BCUT2D eigenvalue weighted by atomic mass is 9.82. The summed E-state index contributed by atoms with van der Waals surface area (Å²) in [4.78, 5) is 13.7. The molecule has 0 aliphatic heterocycles. The Hall–Kier alpha value is -1.90. The number of hydrogen-bond acceptors (Lipinski definition) is 5. The molecule has 132 valence electrons. The third-order valence-corrected chi connectivity index (χ3v) is 4.30. The smallest absolute Gasteiger partial charge is 0.445 e. The first-order valence-electron chi connectivity index (χ1n) is 7.18. The molecule has 1 amide bonds. The standard InChI is InChI=1S/C15H18F3N3O2S/c1-9-5-10(7-14(2,3)6-9)21(4)11(22)8-23-13-20-19-12(24-13)15(16,17)18/h5-6H,7-8H2,1-4H3. The van der Waals surface area contributed by atoms with Crippen molar-refractivity contribution in [2.75, 3.05) is 13.7 Å². The number of nitrogens with zero attached hydrogens (tertiary/aromatic N) is 3. The lowest BCUT2D eigenvalue weighted by Crippen LogP contribution is -2.33. The van der Waals surface area contributed by atoms with Crippen molar-refractivity contribution in [2.45, 2.75) is 33.4 Å². The molecule has 0 spiro atoms. The Balaban J connectivity index is 1.98. The van der Waals surface area contributed by atoms with Crippen LogP contribution >= 0.6 is 11.3 Å². The molecule has 24 heavy (non-hydrogen) atoms. The molecule has 9 heteroatoms. The van der Waals surface area contributed by atoms with Crippen molar-refractivity contribution in [3.63, 3.8) is 0 Å². The van der Waals surface area contributed by atoms with Gasteiger partial charge >= 0.3 is 6.18 Å². The van der Waals surface area contributed by atoms with E-state index < -0.39 is 17.8 Å². The van der Waals surface area contributed by atoms with Crippen molar-refractivity contribution in [3.05, 3.63) is 28.4 Å². The first-order chi connectivity index (χ1) is 11.0. The van der Waals surface area contributed by atoms with Crippen molar-refractivity contribution in [3.8, 4) is 5.19 Å². The van der Waals surface area contributed by atoms with E-state index in [0.29, 0.717) is 6.42 Å². The second kappa shape index (κ2) is 6.54. The Kier molecular flexibility index (Phi) is 5.03. The van der Waals surface area contributed by atoms with E-state index in [1.165, 1.54) is 4.90 Å². The van der Waals surface area contributed by atoms with Crippen LogP contribution in [0.2, 0.25) is 0 Å². The summed E-state index contributed by atoms with van der Waals surface area (Å²) >= 11 is 0.265. The molecular formula is C15H18F3N3O2S. The summed E-state index contributed by atoms with van der Waals surface area (Å²) < 4.78 is 42.4. The number of allylic oxidation sites excluding steroid dienone is 4. The Labute approximate surface area is 141 Å². The average molecular weight is 361 g/mol. The molecule has 0 saturated carbocycles. The van der Waals surface area contributed by atoms with Gasteiger partial charge in [-0.05, 0) is 24.8 Å². The molecule has 1 heterocycles. The SMILES string of the molecule is CC1=CC(C)(C)CC(N(C)C(=O)COc2nnc(C(F)(F)F)s2)=C1. The highest BCUT2D eigenvalue weighted by molar-refractivity contribution is 7.13. The summed E-state index contributed by atoms with van der Waals surface area (Å²) in [5.74, 6) is -0.365. The first kappa shape index (κ1) is 18.4. The highest BCUT2D eigenvalue weighted by Crippen LogP contribution is 2.35. The van der Waals surface area contributed by atoms with E-state index in [4.69, 9.17) is 4.74 Å². The quantitative estimate of drug-likeness (QED) is 0.821. The normalized spacial score (nSPS) is 17.1. The average Bonchev–Trinajstić information content (AvgIpc) is 2.90. The number of aromatic nitrogens is 2. The van der Waals surface area contributed by atoms with Crippen LogP contribution in [0, 0.1) is 5.41 Å². The minimum absolute atomic E-state index is 0.0651. The van der Waals surface area contributed by atoms with Gasteiger partial charge < -0.3 is 9.64 Å². The van der Waals surface area contributed by atoms with Gasteiger partial charge in [-0.1, -0.05) is 41.9 Å². The van der Waals surface area contributed by atoms with Crippen LogP contribution < -0.4 is 4.74 Å². The van der Waals surface area contributed by atoms with Crippen molar-refractivity contribution in [2.24, 2.45) is 5.41 Å². The Bertz CT molecular complexity index is 692. The Morgan fingerprint density at radius 3 is 2.62 bits per heavy atom. The topological polar surface area (TPSA) is 55.3 Å². The molecule has 0 aromatic carbocycles. The van der Waals surface area contributed by atoms with E-state index in [-0.39, 0.29) is 27.9 Å². The maximum atomic E-state index is 12.4. The summed E-state index contributed by atoms with van der Waals surface area (Å²) in [5.41, 5.74) is 1.83. The fraction of sp³-hybridized carbons (Fsp3) is 0.533. The van der Waals surface area contributed by atoms with E-state index in [2.05, 4.69) is 30.1 Å². The van der Waals surface area contributed by atoms with Crippen molar-refractivity contribution in [1.29, 1.82) is 0 Å². The highest BCUT2D eigenvalue weighted by atomic mass is 32.1. The molecule has 1 aliphatic rings. The third kappa shape index (κ3) is 4.56. The van der Waals surface area contributed by atoms with Gasteiger partial charge in [-0.15, -0.1) is 5.10 Å². The number of halogens is 3. The molecule has 0 radical (unpaired) electrons. The number of ether oxygens (including phenoxy) is 1. The van der Waals surface area contributed by atoms with Crippen molar-refractivity contribution < 1.29 is 22.7 Å². The summed E-state index contributed by atoms with van der Waals surface area (Å²) in [5, 5.41) is 4.92. The van der Waals surface area contributed by atoms with E-state index in [1.807, 2.05) is 13.0 Å². The molecule has 1 aromatic heterocycles. The fourth-order valence-electron chi connectivity index (χ4n) is 2.47. The number of likely N-dealkylation sites (N-methyl/N-ethyl adjacent to an activating group) is 1. The highest BCUT2D eigenvalue weighted by Gasteiger charge is 2.36. The molecular weight excluding hydrogens is 343 g/mol. The zero-order valence-corrected chi connectivity index (χ0v) is 14.6. The maximum Gasteiger partial charge on any atom is 0.445 e. The molecule has 0 atom stereocenters. The minimum Gasteiger partial charge on any atom is -0.459 e. The molecule has 0 N–H and O–H groups in total. The van der Waals surface area contributed by atoms with Crippen LogP contribution in [0.15, 0.2) is 23.4 Å². The predicted octanol–water partition coefficient (Wildman–Crippen LogP) is 3.65. The van der Waals surface area contributed by atoms with Gasteiger partial charge in [-0.25, -0.2) is 0 Å². The number of carbonyl (C=O) groups is 1. The predicted molar refractivity (Wildman–Crippen MR) is 83.4 cm³/mol. The van der Waals surface area contributed by atoms with Gasteiger partial charge in [0.15, 0.2) is 6.61 Å². The van der Waals surface area contributed by atoms with Crippen LogP contribution in [-0.2, 0) is 11.0 Å². The second-order valence-corrected chi connectivity index (χ2v) is 7.24. The van der Waals surface area contributed by atoms with E-state index in [1.54, 1.807) is 7.05 Å². The van der Waals surface area contributed by atoms with Gasteiger partial charge in [-0.3, -0.25) is 4.79 Å². The number of amides is 1. The Morgan fingerprint density at radius 1 is 1.42 bits per heavy atom. The van der Waals surface area contributed by atoms with Crippen LogP contribution in [0.1, 0.15) is 32.2 Å². The van der Waals surface area contributed by atoms with Crippen molar-refractivity contribution in [1.82, 2.24) is 15.1 Å². The lowest BCUT2D eigenvalue weighted by molar-refractivity contribution is -0.138. The summed E-state index contributed by atoms with van der Waals surface area (Å²) in [6.07, 6.45) is 0.160. The molecule has 1 aliphatic carbocycles. The summed E-state index contributed by atoms with van der Waals surface area (Å²) in [6, 6.07) is 0. The van der Waals surface area contributed by atoms with Crippen LogP contribution in [0.4, 0.5) is 13.2 Å². The number of rotatable bonds is 4.